The normalized spacial score (nSPS) is 16.0. The van der Waals surface area contributed by atoms with Crippen LogP contribution in [0.5, 0.6) is 0 Å². The van der Waals surface area contributed by atoms with E-state index in [1.165, 1.54) is 5.57 Å². The number of thiophene rings is 1. The number of Topliss-reactive ketones (excluding diaryl/α,β-unsaturated/α-hetero) is 1. The summed E-state index contributed by atoms with van der Waals surface area (Å²) in [4.78, 5) is 28.4. The standard InChI is InChI=1S/C19H27NO3S/c1-13(2)12-15-6-7-16(24-15)17(21)14-8-10-20(11-9-14)18(22)23-19(3,4)5/h6-7,12,14H,8-11H2,1-5H3. The number of carbonyl (C=O) groups excluding carboxylic acids is 2. The van der Waals surface area contributed by atoms with Gasteiger partial charge in [0.05, 0.1) is 4.88 Å². The Hall–Kier alpha value is -1.62. The number of carbonyl (C=O) groups is 2. The number of hydrogen-bond acceptors (Lipinski definition) is 4. The molecule has 0 N–H and O–H groups in total. The number of ketones is 1. The fourth-order valence-corrected chi connectivity index (χ4v) is 3.79. The van der Waals surface area contributed by atoms with E-state index in [1.54, 1.807) is 16.2 Å². The fourth-order valence-electron chi connectivity index (χ4n) is 2.70. The summed E-state index contributed by atoms with van der Waals surface area (Å²) in [5.41, 5.74) is 0.740. The summed E-state index contributed by atoms with van der Waals surface area (Å²) in [6.07, 6.45) is 3.21. The molecule has 1 aliphatic heterocycles. The van der Waals surface area contributed by atoms with E-state index in [4.69, 9.17) is 4.74 Å². The summed E-state index contributed by atoms with van der Waals surface area (Å²) >= 11 is 1.55. The Morgan fingerprint density at radius 1 is 1.21 bits per heavy atom. The first-order chi connectivity index (χ1) is 11.2. The van der Waals surface area contributed by atoms with Crippen molar-refractivity contribution in [2.24, 2.45) is 5.92 Å². The van der Waals surface area contributed by atoms with Crippen LogP contribution in [0.4, 0.5) is 4.79 Å². The van der Waals surface area contributed by atoms with Crippen molar-refractivity contribution >= 4 is 29.3 Å². The third kappa shape index (κ3) is 5.20. The minimum Gasteiger partial charge on any atom is -0.444 e. The zero-order valence-electron chi connectivity index (χ0n) is 15.2. The average Bonchev–Trinajstić information content (AvgIpc) is 2.92. The Kier molecular flexibility index (Phi) is 5.86. The average molecular weight is 349 g/mol. The van der Waals surface area contributed by atoms with Gasteiger partial charge < -0.3 is 9.64 Å². The molecule has 1 saturated heterocycles. The number of ether oxygens (including phenoxy) is 1. The van der Waals surface area contributed by atoms with Gasteiger partial charge >= 0.3 is 6.09 Å². The zero-order chi connectivity index (χ0) is 17.9. The molecule has 0 aromatic carbocycles. The van der Waals surface area contributed by atoms with E-state index >= 15 is 0 Å². The van der Waals surface area contributed by atoms with Gasteiger partial charge in [0.2, 0.25) is 0 Å². The number of likely N-dealkylation sites (tertiary alicyclic amines) is 1. The third-order valence-electron chi connectivity index (χ3n) is 3.82. The Balaban J connectivity index is 1.92. The monoisotopic (exact) mass is 349 g/mol. The molecule has 1 aromatic heterocycles. The van der Waals surface area contributed by atoms with Crippen molar-refractivity contribution in [1.82, 2.24) is 4.90 Å². The number of nitrogens with zero attached hydrogens (tertiary/aromatic N) is 1. The van der Waals surface area contributed by atoms with Crippen molar-refractivity contribution in [2.45, 2.75) is 53.1 Å². The number of piperidine rings is 1. The molecule has 1 aliphatic rings. The molecule has 0 spiro atoms. The molecule has 0 aliphatic carbocycles. The molecule has 0 radical (unpaired) electrons. The quantitative estimate of drug-likeness (QED) is 0.721. The van der Waals surface area contributed by atoms with E-state index < -0.39 is 5.60 Å². The molecule has 1 aromatic rings. The van der Waals surface area contributed by atoms with Gasteiger partial charge in [0.15, 0.2) is 5.78 Å². The second-order valence-corrected chi connectivity index (χ2v) is 8.64. The Morgan fingerprint density at radius 2 is 1.83 bits per heavy atom. The zero-order valence-corrected chi connectivity index (χ0v) is 16.0. The van der Waals surface area contributed by atoms with Gasteiger partial charge in [0.25, 0.3) is 0 Å². The van der Waals surface area contributed by atoms with Gasteiger partial charge in [-0.1, -0.05) is 5.57 Å². The van der Waals surface area contributed by atoms with Crippen LogP contribution in [0, 0.1) is 5.92 Å². The lowest BCUT2D eigenvalue weighted by atomic mass is 9.92. The molecule has 2 rings (SSSR count). The summed E-state index contributed by atoms with van der Waals surface area (Å²) in [6, 6.07) is 3.92. The number of hydrogen-bond donors (Lipinski definition) is 0. The van der Waals surface area contributed by atoms with Crippen LogP contribution in [-0.2, 0) is 4.74 Å². The highest BCUT2D eigenvalue weighted by Crippen LogP contribution is 2.27. The topological polar surface area (TPSA) is 46.6 Å². The van der Waals surface area contributed by atoms with Crippen LogP contribution in [0.1, 0.15) is 62.0 Å². The van der Waals surface area contributed by atoms with Gasteiger partial charge in [-0.3, -0.25) is 4.79 Å². The molecule has 132 valence electrons. The van der Waals surface area contributed by atoms with Crippen molar-refractivity contribution in [3.05, 3.63) is 27.5 Å². The fraction of sp³-hybridized carbons (Fsp3) is 0.579. The van der Waals surface area contributed by atoms with Crippen LogP contribution >= 0.6 is 11.3 Å². The molecule has 24 heavy (non-hydrogen) atoms. The molecular formula is C19H27NO3S. The molecule has 1 amide bonds. The van der Waals surface area contributed by atoms with Crippen LogP contribution in [0.25, 0.3) is 6.08 Å². The predicted octanol–water partition coefficient (Wildman–Crippen LogP) is 5.00. The maximum atomic E-state index is 12.7. The van der Waals surface area contributed by atoms with Crippen molar-refractivity contribution in [1.29, 1.82) is 0 Å². The van der Waals surface area contributed by atoms with Gasteiger partial charge in [-0.15, -0.1) is 11.3 Å². The number of rotatable bonds is 3. The molecule has 1 fully saturated rings. The smallest absolute Gasteiger partial charge is 0.410 e. The summed E-state index contributed by atoms with van der Waals surface area (Å²) < 4.78 is 5.40. The van der Waals surface area contributed by atoms with Crippen molar-refractivity contribution in [2.75, 3.05) is 13.1 Å². The summed E-state index contributed by atoms with van der Waals surface area (Å²) in [7, 11) is 0. The van der Waals surface area contributed by atoms with Gasteiger partial charge in [0.1, 0.15) is 5.60 Å². The predicted molar refractivity (Wildman–Crippen MR) is 98.5 cm³/mol. The van der Waals surface area contributed by atoms with Gasteiger partial charge in [-0.2, -0.15) is 0 Å². The summed E-state index contributed by atoms with van der Waals surface area (Å²) in [6.45, 7) is 10.8. The van der Waals surface area contributed by atoms with Crippen LogP contribution < -0.4 is 0 Å². The van der Waals surface area contributed by atoms with Crippen molar-refractivity contribution in [3.63, 3.8) is 0 Å². The van der Waals surface area contributed by atoms with Crippen LogP contribution in [0.15, 0.2) is 17.7 Å². The minimum atomic E-state index is -0.484. The number of amides is 1. The lowest BCUT2D eigenvalue weighted by Gasteiger charge is -2.32. The lowest BCUT2D eigenvalue weighted by Crippen LogP contribution is -2.42. The third-order valence-corrected chi connectivity index (χ3v) is 4.86. The summed E-state index contributed by atoms with van der Waals surface area (Å²) in [5.74, 6) is 0.208. The maximum Gasteiger partial charge on any atom is 0.410 e. The molecule has 4 nitrogen and oxygen atoms in total. The van der Waals surface area contributed by atoms with Crippen molar-refractivity contribution in [3.8, 4) is 0 Å². The van der Waals surface area contributed by atoms with E-state index in [9.17, 15) is 9.59 Å². The van der Waals surface area contributed by atoms with E-state index in [1.807, 2.05) is 46.8 Å². The van der Waals surface area contributed by atoms with Crippen LogP contribution in [0.3, 0.4) is 0 Å². The van der Waals surface area contributed by atoms with Crippen molar-refractivity contribution < 1.29 is 14.3 Å². The van der Waals surface area contributed by atoms with Gasteiger partial charge in [0, 0.05) is 23.9 Å². The first kappa shape index (κ1) is 18.7. The Morgan fingerprint density at radius 3 is 2.38 bits per heavy atom. The molecular weight excluding hydrogens is 322 g/mol. The minimum absolute atomic E-state index is 0.00175. The molecule has 0 saturated carbocycles. The van der Waals surface area contributed by atoms with Gasteiger partial charge in [-0.05, 0) is 65.7 Å². The Bertz CT molecular complexity index is 627. The maximum absolute atomic E-state index is 12.7. The SMILES string of the molecule is CC(C)=Cc1ccc(C(=O)C2CCN(C(=O)OC(C)(C)C)CC2)s1. The number of allylic oxidation sites excluding steroid dienone is 1. The summed E-state index contributed by atoms with van der Waals surface area (Å²) in [5, 5.41) is 0. The molecule has 0 bridgehead atoms. The first-order valence-corrected chi connectivity index (χ1v) is 9.24. The van der Waals surface area contributed by atoms with Crippen LogP contribution in [-0.4, -0.2) is 35.5 Å². The first-order valence-electron chi connectivity index (χ1n) is 8.42. The molecule has 5 heteroatoms. The molecule has 2 heterocycles. The van der Waals surface area contributed by atoms with Gasteiger partial charge in [-0.25, -0.2) is 4.79 Å². The van der Waals surface area contributed by atoms with E-state index in [0.29, 0.717) is 25.9 Å². The highest BCUT2D eigenvalue weighted by Gasteiger charge is 2.30. The van der Waals surface area contributed by atoms with E-state index in [2.05, 4.69) is 6.08 Å². The molecule has 0 unspecified atom stereocenters. The second-order valence-electron chi connectivity index (χ2n) is 7.53. The largest absolute Gasteiger partial charge is 0.444 e. The molecule has 0 atom stereocenters. The van der Waals surface area contributed by atoms with E-state index in [-0.39, 0.29) is 17.8 Å². The Labute approximate surface area is 148 Å². The highest BCUT2D eigenvalue weighted by molar-refractivity contribution is 7.14. The second kappa shape index (κ2) is 7.51. The highest BCUT2D eigenvalue weighted by atomic mass is 32.1. The van der Waals surface area contributed by atoms with E-state index in [0.717, 1.165) is 9.75 Å². The lowest BCUT2D eigenvalue weighted by molar-refractivity contribution is 0.0182. The van der Waals surface area contributed by atoms with Crippen LogP contribution in [0.2, 0.25) is 0 Å².